The number of fused-ring (bicyclic) bond motifs is 1. The third kappa shape index (κ3) is 2.20. The van der Waals surface area contributed by atoms with Gasteiger partial charge in [0.05, 0.1) is 10.4 Å². The summed E-state index contributed by atoms with van der Waals surface area (Å²) >= 11 is 1.42. The highest BCUT2D eigenvalue weighted by Gasteiger charge is 2.20. The summed E-state index contributed by atoms with van der Waals surface area (Å²) in [5.74, 6) is -0.616. The molecule has 0 radical (unpaired) electrons. The van der Waals surface area contributed by atoms with Crippen molar-refractivity contribution in [3.63, 3.8) is 0 Å². The number of rotatable bonds is 2. The van der Waals surface area contributed by atoms with Crippen LogP contribution in [-0.2, 0) is 0 Å². The molecule has 2 N–H and O–H groups in total. The third-order valence-electron chi connectivity index (χ3n) is 3.33. The van der Waals surface area contributed by atoms with Crippen LogP contribution in [0.25, 0.3) is 33.1 Å². The monoisotopic (exact) mass is 329 g/mol. The summed E-state index contributed by atoms with van der Waals surface area (Å²) in [4.78, 5) is 19.6. The van der Waals surface area contributed by atoms with E-state index in [0.717, 1.165) is 10.9 Å². The smallest absolute Gasteiger partial charge is 0.267 e. The molecular weight excluding hydrogens is 321 g/mol. The third-order valence-corrected chi connectivity index (χ3v) is 4.20. The van der Waals surface area contributed by atoms with Crippen LogP contribution < -0.4 is 5.56 Å². The molecule has 23 heavy (non-hydrogen) atoms. The average molecular weight is 329 g/mol. The normalized spacial score (nSPS) is 11.2. The number of aromatic nitrogens is 3. The zero-order valence-corrected chi connectivity index (χ0v) is 12.2. The predicted molar refractivity (Wildman–Crippen MR) is 82.8 cm³/mol. The molecule has 0 atom stereocenters. The molecule has 0 saturated carbocycles. The van der Waals surface area contributed by atoms with E-state index in [1.54, 1.807) is 0 Å². The molecule has 4 rings (SSSR count). The maximum Gasteiger partial charge on any atom is 0.267 e. The summed E-state index contributed by atoms with van der Waals surface area (Å²) in [6.07, 6.45) is 0. The molecule has 0 aliphatic rings. The maximum atomic E-state index is 13.2. The summed E-state index contributed by atoms with van der Waals surface area (Å²) in [5.41, 5.74) is -0.587. The van der Waals surface area contributed by atoms with Gasteiger partial charge in [0.15, 0.2) is 0 Å². The number of H-pyrrole nitrogens is 1. The maximum absolute atomic E-state index is 13.2. The van der Waals surface area contributed by atoms with Gasteiger partial charge in [-0.05, 0) is 29.6 Å². The van der Waals surface area contributed by atoms with Gasteiger partial charge in [0.25, 0.3) is 11.4 Å². The van der Waals surface area contributed by atoms with Gasteiger partial charge in [-0.2, -0.15) is 4.98 Å². The Morgan fingerprint density at radius 3 is 2.96 bits per heavy atom. The fourth-order valence-electron chi connectivity index (χ4n) is 2.28. The largest absolute Gasteiger partial charge is 0.506 e. The Morgan fingerprint density at radius 1 is 1.30 bits per heavy atom. The first-order chi connectivity index (χ1) is 11.1. The van der Waals surface area contributed by atoms with Crippen LogP contribution in [0, 0.1) is 5.82 Å². The van der Waals surface area contributed by atoms with E-state index >= 15 is 0 Å². The van der Waals surface area contributed by atoms with Crippen molar-refractivity contribution in [1.82, 2.24) is 15.1 Å². The first kappa shape index (κ1) is 13.6. The van der Waals surface area contributed by atoms with Crippen LogP contribution in [0.15, 0.2) is 45.0 Å². The van der Waals surface area contributed by atoms with Crippen LogP contribution in [-0.4, -0.2) is 20.2 Å². The second-order valence-electron chi connectivity index (χ2n) is 4.77. The van der Waals surface area contributed by atoms with Gasteiger partial charge in [-0.15, -0.1) is 11.3 Å². The van der Waals surface area contributed by atoms with E-state index in [1.165, 1.54) is 23.5 Å². The lowest BCUT2D eigenvalue weighted by atomic mass is 10.1. The average Bonchev–Trinajstić information content (AvgIpc) is 3.17. The lowest BCUT2D eigenvalue weighted by molar-refractivity contribution is 0.426. The molecule has 4 aromatic rings. The molecule has 8 heteroatoms. The molecule has 0 bridgehead atoms. The summed E-state index contributed by atoms with van der Waals surface area (Å²) in [6, 6.07) is 7.34. The molecule has 3 aromatic heterocycles. The predicted octanol–water partition coefficient (Wildman–Crippen LogP) is 3.15. The first-order valence-corrected chi connectivity index (χ1v) is 7.44. The highest BCUT2D eigenvalue weighted by Crippen LogP contribution is 2.32. The minimum atomic E-state index is -0.637. The van der Waals surface area contributed by atoms with Gasteiger partial charge in [-0.25, -0.2) is 4.39 Å². The van der Waals surface area contributed by atoms with Crippen LogP contribution in [0.1, 0.15) is 0 Å². The van der Waals surface area contributed by atoms with Crippen LogP contribution in [0.3, 0.4) is 0 Å². The Morgan fingerprint density at radius 2 is 2.17 bits per heavy atom. The molecule has 0 aliphatic carbocycles. The van der Waals surface area contributed by atoms with Crippen molar-refractivity contribution in [1.29, 1.82) is 0 Å². The molecule has 0 unspecified atom stereocenters. The number of halogens is 1. The number of nitrogens with one attached hydrogen (secondary N) is 1. The number of thiophene rings is 1. The van der Waals surface area contributed by atoms with E-state index in [0.29, 0.717) is 5.82 Å². The minimum Gasteiger partial charge on any atom is -0.506 e. The summed E-state index contributed by atoms with van der Waals surface area (Å²) in [7, 11) is 0. The first-order valence-electron chi connectivity index (χ1n) is 6.56. The topological polar surface area (TPSA) is 92.0 Å². The van der Waals surface area contributed by atoms with Crippen LogP contribution in [0.4, 0.5) is 4.39 Å². The summed E-state index contributed by atoms with van der Waals surface area (Å²) in [5, 5.41) is 16.3. The zero-order chi connectivity index (χ0) is 16.0. The number of aromatic amines is 1. The van der Waals surface area contributed by atoms with Gasteiger partial charge in [-0.1, -0.05) is 11.2 Å². The van der Waals surface area contributed by atoms with Gasteiger partial charge >= 0.3 is 0 Å². The Hall–Kier alpha value is -3.00. The number of pyridine rings is 1. The Kier molecular flexibility index (Phi) is 2.98. The molecular formula is C15H8FN3O3S. The Labute approximate surface area is 131 Å². The number of nitrogens with zero attached hydrogens (tertiary/aromatic N) is 2. The summed E-state index contributed by atoms with van der Waals surface area (Å²) < 4.78 is 18.3. The molecule has 0 spiro atoms. The highest BCUT2D eigenvalue weighted by atomic mass is 32.1. The Bertz CT molecular complexity index is 1070. The zero-order valence-electron chi connectivity index (χ0n) is 11.4. The quantitative estimate of drug-likeness (QED) is 0.589. The van der Waals surface area contributed by atoms with E-state index < -0.39 is 11.4 Å². The SMILES string of the molecule is O=c1[nH]c2cc(F)ccc2c(O)c1-c1nc(-c2cccs2)no1. The molecule has 0 amide bonds. The molecule has 6 nitrogen and oxygen atoms in total. The molecule has 0 saturated heterocycles. The number of aromatic hydroxyl groups is 1. The van der Waals surface area contributed by atoms with E-state index in [4.69, 9.17) is 4.52 Å². The minimum absolute atomic E-state index is 0.0987. The van der Waals surface area contributed by atoms with Crippen molar-refractivity contribution in [3.05, 3.63) is 51.9 Å². The van der Waals surface area contributed by atoms with Crippen LogP contribution >= 0.6 is 11.3 Å². The van der Waals surface area contributed by atoms with E-state index in [-0.39, 0.29) is 28.1 Å². The van der Waals surface area contributed by atoms with Crippen molar-refractivity contribution >= 4 is 22.2 Å². The molecule has 1 aromatic carbocycles. The van der Waals surface area contributed by atoms with E-state index in [1.807, 2.05) is 17.5 Å². The molecule has 0 aliphatic heterocycles. The van der Waals surface area contributed by atoms with Gasteiger partial charge in [0.2, 0.25) is 5.82 Å². The standard InChI is InChI=1S/C15H8FN3O3S/c16-7-3-4-8-9(6-7)17-14(21)11(12(8)20)15-18-13(19-22-15)10-2-1-5-23-10/h1-6H,(H2,17,20,21). The van der Waals surface area contributed by atoms with Crippen molar-refractivity contribution in [2.24, 2.45) is 0 Å². The second-order valence-corrected chi connectivity index (χ2v) is 5.72. The van der Waals surface area contributed by atoms with Crippen LogP contribution in [0.2, 0.25) is 0 Å². The van der Waals surface area contributed by atoms with E-state index in [2.05, 4.69) is 15.1 Å². The number of hydrogen-bond acceptors (Lipinski definition) is 6. The lowest BCUT2D eigenvalue weighted by Crippen LogP contribution is -2.09. The lowest BCUT2D eigenvalue weighted by Gasteiger charge is -2.04. The van der Waals surface area contributed by atoms with Gasteiger partial charge in [-0.3, -0.25) is 4.79 Å². The molecule has 114 valence electrons. The van der Waals surface area contributed by atoms with Gasteiger partial charge in [0, 0.05) is 5.39 Å². The van der Waals surface area contributed by atoms with Crippen molar-refractivity contribution in [2.45, 2.75) is 0 Å². The van der Waals surface area contributed by atoms with E-state index in [9.17, 15) is 14.3 Å². The number of hydrogen-bond donors (Lipinski definition) is 2. The summed E-state index contributed by atoms with van der Waals surface area (Å²) in [6.45, 7) is 0. The van der Waals surface area contributed by atoms with Crippen molar-refractivity contribution < 1.29 is 14.0 Å². The Balaban J connectivity index is 1.92. The van der Waals surface area contributed by atoms with Crippen LogP contribution in [0.5, 0.6) is 5.75 Å². The molecule has 0 fully saturated rings. The fraction of sp³-hybridized carbons (Fsp3) is 0. The van der Waals surface area contributed by atoms with Crippen molar-refractivity contribution in [3.8, 4) is 27.9 Å². The fourth-order valence-corrected chi connectivity index (χ4v) is 2.93. The molecule has 3 heterocycles. The van der Waals surface area contributed by atoms with Crippen molar-refractivity contribution in [2.75, 3.05) is 0 Å². The number of benzene rings is 1. The van der Waals surface area contributed by atoms with Gasteiger partial charge < -0.3 is 14.6 Å². The van der Waals surface area contributed by atoms with Gasteiger partial charge in [0.1, 0.15) is 17.1 Å². The second kappa shape index (κ2) is 5.03. The highest BCUT2D eigenvalue weighted by molar-refractivity contribution is 7.13.